The van der Waals surface area contributed by atoms with Gasteiger partial charge in [-0.1, -0.05) is 0 Å². The minimum atomic E-state index is -0.996. The zero-order valence-corrected chi connectivity index (χ0v) is 15.0. The third-order valence-electron chi connectivity index (χ3n) is 3.43. The van der Waals surface area contributed by atoms with Gasteiger partial charge in [0, 0.05) is 24.5 Å². The molecule has 0 radical (unpaired) electrons. The zero-order valence-electron chi connectivity index (χ0n) is 15.0. The Bertz CT molecular complexity index is 760. The number of hydrogen-bond donors (Lipinski definition) is 2. The summed E-state index contributed by atoms with van der Waals surface area (Å²) in [6.07, 6.45) is 0.295. The van der Waals surface area contributed by atoms with Crippen molar-refractivity contribution in [3.8, 4) is 5.75 Å². The summed E-state index contributed by atoms with van der Waals surface area (Å²) in [6.45, 7) is 6.44. The number of ether oxygens (including phenoxy) is 2. The van der Waals surface area contributed by atoms with E-state index >= 15 is 0 Å². The smallest absolute Gasteiger partial charge is 0.410 e. The largest absolute Gasteiger partial charge is 0.494 e. The second kappa shape index (κ2) is 7.46. The monoisotopic (exact) mass is 348 g/mol. The Balaban J connectivity index is 1.82. The molecule has 2 aromatic rings. The number of H-pyrrole nitrogens is 1. The van der Waals surface area contributed by atoms with Gasteiger partial charge in [-0.05, 0) is 51.5 Å². The molecule has 0 aliphatic heterocycles. The SMILES string of the molecule is CN(CCCOc1ccc2[nH]c(C(=O)O)cc2c1)C(=O)OC(C)(C)C. The maximum Gasteiger partial charge on any atom is 0.410 e. The lowest BCUT2D eigenvalue weighted by molar-refractivity contribution is 0.0292. The summed E-state index contributed by atoms with van der Waals surface area (Å²) in [5.41, 5.74) is 0.378. The zero-order chi connectivity index (χ0) is 18.6. The minimum Gasteiger partial charge on any atom is -0.494 e. The van der Waals surface area contributed by atoms with Gasteiger partial charge >= 0.3 is 12.1 Å². The number of fused-ring (bicyclic) bond motifs is 1. The lowest BCUT2D eigenvalue weighted by atomic mass is 10.2. The van der Waals surface area contributed by atoms with Crippen LogP contribution in [0.25, 0.3) is 10.9 Å². The summed E-state index contributed by atoms with van der Waals surface area (Å²) >= 11 is 0. The summed E-state index contributed by atoms with van der Waals surface area (Å²) in [5, 5.41) is 9.77. The van der Waals surface area contributed by atoms with Crippen molar-refractivity contribution in [3.05, 3.63) is 30.0 Å². The standard InChI is InChI=1S/C18H24N2O5/c1-18(2,3)25-17(23)20(4)8-5-9-24-13-6-7-14-12(10-13)11-15(19-14)16(21)22/h6-7,10-11,19H,5,8-9H2,1-4H3,(H,21,22). The molecule has 0 saturated carbocycles. The molecule has 1 heterocycles. The molecule has 0 aliphatic carbocycles. The summed E-state index contributed by atoms with van der Waals surface area (Å²) in [6, 6.07) is 6.92. The molecule has 2 N–H and O–H groups in total. The van der Waals surface area contributed by atoms with E-state index in [0.29, 0.717) is 25.3 Å². The van der Waals surface area contributed by atoms with Crippen LogP contribution < -0.4 is 4.74 Å². The van der Waals surface area contributed by atoms with E-state index in [1.807, 2.05) is 20.8 Å². The van der Waals surface area contributed by atoms with Crippen LogP contribution in [0.3, 0.4) is 0 Å². The molecule has 0 atom stereocenters. The average molecular weight is 348 g/mol. The molecule has 7 nitrogen and oxygen atoms in total. The topological polar surface area (TPSA) is 91.9 Å². The number of hydrogen-bond acceptors (Lipinski definition) is 4. The molecule has 7 heteroatoms. The molecule has 0 spiro atoms. The van der Waals surface area contributed by atoms with Crippen LogP contribution in [-0.2, 0) is 4.74 Å². The van der Waals surface area contributed by atoms with E-state index in [2.05, 4.69) is 4.98 Å². The van der Waals surface area contributed by atoms with Crippen LogP contribution in [0.4, 0.5) is 4.79 Å². The van der Waals surface area contributed by atoms with Gasteiger partial charge in [0.2, 0.25) is 0 Å². The van der Waals surface area contributed by atoms with Crippen LogP contribution in [0.2, 0.25) is 0 Å². The average Bonchev–Trinajstić information content (AvgIpc) is 2.93. The number of carboxylic acids is 1. The number of carbonyl (C=O) groups excluding carboxylic acids is 1. The second-order valence-electron chi connectivity index (χ2n) is 6.84. The van der Waals surface area contributed by atoms with E-state index in [4.69, 9.17) is 14.6 Å². The number of aromatic amines is 1. The summed E-state index contributed by atoms with van der Waals surface area (Å²) in [7, 11) is 1.69. The van der Waals surface area contributed by atoms with Gasteiger partial charge in [0.15, 0.2) is 0 Å². The molecule has 0 aliphatic rings. The quantitative estimate of drug-likeness (QED) is 0.780. The first kappa shape index (κ1) is 18.6. The molecular weight excluding hydrogens is 324 g/mol. The first-order valence-corrected chi connectivity index (χ1v) is 8.09. The Morgan fingerprint density at radius 2 is 1.96 bits per heavy atom. The van der Waals surface area contributed by atoms with Gasteiger partial charge in [-0.3, -0.25) is 0 Å². The predicted octanol–water partition coefficient (Wildman–Crippen LogP) is 3.50. The molecule has 136 valence electrons. The van der Waals surface area contributed by atoms with Crippen LogP contribution in [-0.4, -0.2) is 52.9 Å². The fourth-order valence-electron chi connectivity index (χ4n) is 2.24. The van der Waals surface area contributed by atoms with Gasteiger partial charge in [-0.15, -0.1) is 0 Å². The molecular formula is C18H24N2O5. The third-order valence-corrected chi connectivity index (χ3v) is 3.43. The molecule has 25 heavy (non-hydrogen) atoms. The number of carboxylic acid groups (broad SMARTS) is 1. The van der Waals surface area contributed by atoms with Crippen LogP contribution in [0.15, 0.2) is 24.3 Å². The minimum absolute atomic E-state index is 0.145. The molecule has 1 aromatic carbocycles. The van der Waals surface area contributed by atoms with E-state index in [1.165, 1.54) is 4.90 Å². The lowest BCUT2D eigenvalue weighted by Gasteiger charge is -2.24. The van der Waals surface area contributed by atoms with Crippen molar-refractivity contribution in [3.63, 3.8) is 0 Å². The number of rotatable bonds is 6. The Kier molecular flexibility index (Phi) is 5.56. The van der Waals surface area contributed by atoms with Gasteiger partial charge in [-0.25, -0.2) is 9.59 Å². The fraction of sp³-hybridized carbons (Fsp3) is 0.444. The normalized spacial score (nSPS) is 11.4. The Hall–Kier alpha value is -2.70. The molecule has 0 unspecified atom stereocenters. The van der Waals surface area contributed by atoms with E-state index in [1.54, 1.807) is 31.3 Å². The maximum atomic E-state index is 11.8. The van der Waals surface area contributed by atoms with Crippen molar-refractivity contribution < 1.29 is 24.2 Å². The van der Waals surface area contributed by atoms with Gasteiger partial charge in [0.1, 0.15) is 17.0 Å². The summed E-state index contributed by atoms with van der Waals surface area (Å²) in [4.78, 5) is 27.1. The number of benzene rings is 1. The Morgan fingerprint density at radius 1 is 1.24 bits per heavy atom. The van der Waals surface area contributed by atoms with Crippen molar-refractivity contribution in [2.45, 2.75) is 32.8 Å². The highest BCUT2D eigenvalue weighted by Crippen LogP contribution is 2.22. The number of nitrogens with one attached hydrogen (secondary N) is 1. The van der Waals surface area contributed by atoms with Crippen LogP contribution >= 0.6 is 0 Å². The van der Waals surface area contributed by atoms with Gasteiger partial charge in [0.25, 0.3) is 0 Å². The maximum absolute atomic E-state index is 11.8. The van der Waals surface area contributed by atoms with Crippen LogP contribution in [0.1, 0.15) is 37.7 Å². The van der Waals surface area contributed by atoms with Gasteiger partial charge in [-0.2, -0.15) is 0 Å². The number of amides is 1. The molecule has 2 rings (SSSR count). The first-order valence-electron chi connectivity index (χ1n) is 8.09. The highest BCUT2D eigenvalue weighted by molar-refractivity contribution is 5.94. The van der Waals surface area contributed by atoms with Crippen LogP contribution in [0, 0.1) is 0 Å². The highest BCUT2D eigenvalue weighted by Gasteiger charge is 2.19. The number of aromatic nitrogens is 1. The van der Waals surface area contributed by atoms with Crippen molar-refractivity contribution in [2.75, 3.05) is 20.2 Å². The first-order chi connectivity index (χ1) is 11.7. The van der Waals surface area contributed by atoms with Gasteiger partial charge in [0.05, 0.1) is 6.61 Å². The van der Waals surface area contributed by atoms with Crippen molar-refractivity contribution in [2.24, 2.45) is 0 Å². The molecule has 0 fully saturated rings. The molecule has 1 aromatic heterocycles. The molecule has 0 bridgehead atoms. The molecule has 1 amide bonds. The second-order valence-corrected chi connectivity index (χ2v) is 6.84. The van der Waals surface area contributed by atoms with E-state index in [-0.39, 0.29) is 11.8 Å². The number of aromatic carboxylic acids is 1. The van der Waals surface area contributed by atoms with Crippen molar-refractivity contribution >= 4 is 23.0 Å². The van der Waals surface area contributed by atoms with Crippen molar-refractivity contribution in [1.82, 2.24) is 9.88 Å². The van der Waals surface area contributed by atoms with Crippen LogP contribution in [0.5, 0.6) is 5.75 Å². The summed E-state index contributed by atoms with van der Waals surface area (Å²) < 4.78 is 11.0. The number of carbonyl (C=O) groups is 2. The van der Waals surface area contributed by atoms with Crippen molar-refractivity contribution in [1.29, 1.82) is 0 Å². The Morgan fingerprint density at radius 3 is 2.60 bits per heavy atom. The van der Waals surface area contributed by atoms with E-state index in [0.717, 1.165) is 10.9 Å². The lowest BCUT2D eigenvalue weighted by Crippen LogP contribution is -2.35. The van der Waals surface area contributed by atoms with E-state index in [9.17, 15) is 9.59 Å². The summed E-state index contributed by atoms with van der Waals surface area (Å²) in [5.74, 6) is -0.341. The highest BCUT2D eigenvalue weighted by atomic mass is 16.6. The molecule has 0 saturated heterocycles. The van der Waals surface area contributed by atoms with Gasteiger partial charge < -0.3 is 24.5 Å². The Labute approximate surface area is 146 Å². The number of nitrogens with zero attached hydrogens (tertiary/aromatic N) is 1. The van der Waals surface area contributed by atoms with E-state index < -0.39 is 11.6 Å². The third kappa shape index (κ3) is 5.41. The predicted molar refractivity (Wildman–Crippen MR) is 94.2 cm³/mol. The fourth-order valence-corrected chi connectivity index (χ4v) is 2.24.